The minimum Gasteiger partial charge on any atom is -0.379 e. The first-order chi connectivity index (χ1) is 15.7. The van der Waals surface area contributed by atoms with E-state index in [0.29, 0.717) is 25.0 Å². The Bertz CT molecular complexity index is 1160. The molecule has 0 bridgehead atoms. The number of imidazole rings is 1. The van der Waals surface area contributed by atoms with E-state index in [-0.39, 0.29) is 23.8 Å². The average molecular weight is 481 g/mol. The fourth-order valence-corrected chi connectivity index (χ4v) is 3.65. The van der Waals surface area contributed by atoms with Gasteiger partial charge in [-0.3, -0.25) is 9.36 Å². The Morgan fingerprint density at radius 1 is 1.33 bits per heavy atom. The van der Waals surface area contributed by atoms with Gasteiger partial charge in [-0.1, -0.05) is 23.7 Å². The van der Waals surface area contributed by atoms with E-state index in [2.05, 4.69) is 25.6 Å². The highest BCUT2D eigenvalue weighted by Crippen LogP contribution is 2.36. The number of nitrogens with zero attached hydrogens (tertiary/aromatic N) is 4. The molecule has 3 aromatic rings. The molecule has 12 heteroatoms. The number of carbonyl (C=O) groups excluding carboxylic acids is 1. The van der Waals surface area contributed by atoms with E-state index >= 15 is 0 Å². The molecule has 33 heavy (non-hydrogen) atoms. The van der Waals surface area contributed by atoms with Crippen LogP contribution in [0.25, 0.3) is 5.82 Å². The fraction of sp³-hybridized carbons (Fsp3) is 0.333. The van der Waals surface area contributed by atoms with Crippen molar-refractivity contribution in [3.05, 3.63) is 64.3 Å². The van der Waals surface area contributed by atoms with E-state index in [0.717, 1.165) is 18.1 Å². The molecule has 1 amide bonds. The van der Waals surface area contributed by atoms with Crippen LogP contribution < -0.4 is 10.6 Å². The highest BCUT2D eigenvalue weighted by molar-refractivity contribution is 6.32. The molecule has 4 rings (SSSR count). The highest BCUT2D eigenvalue weighted by atomic mass is 35.5. The quantitative estimate of drug-likeness (QED) is 0.558. The van der Waals surface area contributed by atoms with Crippen LogP contribution in [0.5, 0.6) is 0 Å². The van der Waals surface area contributed by atoms with Gasteiger partial charge in [0, 0.05) is 31.1 Å². The van der Waals surface area contributed by atoms with Crippen molar-refractivity contribution in [3.63, 3.8) is 0 Å². The molecule has 0 radical (unpaired) electrons. The number of alkyl halides is 3. The molecule has 3 heterocycles. The van der Waals surface area contributed by atoms with Crippen LogP contribution in [0.2, 0.25) is 5.02 Å². The van der Waals surface area contributed by atoms with Crippen LogP contribution in [0.3, 0.4) is 0 Å². The number of hydrogen-bond acceptors (Lipinski definition) is 6. The normalized spacial score (nSPS) is 16.1. The second kappa shape index (κ2) is 9.36. The van der Waals surface area contributed by atoms with Crippen molar-refractivity contribution in [2.45, 2.75) is 32.1 Å². The van der Waals surface area contributed by atoms with Crippen molar-refractivity contribution in [3.8, 4) is 5.82 Å². The van der Waals surface area contributed by atoms with Gasteiger partial charge in [-0.2, -0.15) is 18.2 Å². The molecular formula is C21H20ClF3N6O2. The van der Waals surface area contributed by atoms with Crippen LogP contribution in [-0.2, 0) is 17.5 Å². The monoisotopic (exact) mass is 480 g/mol. The molecule has 8 nitrogen and oxygen atoms in total. The standard InChI is InChI=1S/C21H20ClF3N6O2/c1-12-7-27-20(29-14-5-6-33-10-14)30-18(12)31-9-16(28-11-31)19(32)26-8-13-3-2-4-15(17(13)22)21(23,24)25/h2-4,7,9,11,14H,5-6,8,10H2,1H3,(H,26,32)(H,27,29,30)/t14-/m0/s1. The zero-order valence-corrected chi connectivity index (χ0v) is 18.2. The van der Waals surface area contributed by atoms with E-state index in [1.54, 1.807) is 10.8 Å². The fourth-order valence-electron chi connectivity index (χ4n) is 3.35. The predicted octanol–water partition coefficient (Wildman–Crippen LogP) is 3.77. The van der Waals surface area contributed by atoms with Crippen molar-refractivity contribution in [2.75, 3.05) is 18.5 Å². The number of carbonyl (C=O) groups is 1. The van der Waals surface area contributed by atoms with Gasteiger partial charge in [0.15, 0.2) is 0 Å². The summed E-state index contributed by atoms with van der Waals surface area (Å²) in [4.78, 5) is 25.4. The van der Waals surface area contributed by atoms with Gasteiger partial charge in [-0.05, 0) is 25.0 Å². The molecule has 1 aliphatic heterocycles. The van der Waals surface area contributed by atoms with E-state index in [4.69, 9.17) is 16.3 Å². The maximum absolute atomic E-state index is 13.0. The lowest BCUT2D eigenvalue weighted by atomic mass is 10.1. The molecule has 1 saturated heterocycles. The molecule has 0 spiro atoms. The summed E-state index contributed by atoms with van der Waals surface area (Å²) in [5.74, 6) is 0.416. The summed E-state index contributed by atoms with van der Waals surface area (Å²) in [5, 5.41) is 5.32. The third-order valence-electron chi connectivity index (χ3n) is 5.09. The minimum atomic E-state index is -4.58. The molecular weight excluding hydrogens is 461 g/mol. The first-order valence-corrected chi connectivity index (χ1v) is 10.4. The van der Waals surface area contributed by atoms with Crippen molar-refractivity contribution in [1.29, 1.82) is 0 Å². The number of nitrogens with one attached hydrogen (secondary N) is 2. The average Bonchev–Trinajstić information content (AvgIpc) is 3.45. The second-order valence-electron chi connectivity index (χ2n) is 7.53. The minimum absolute atomic E-state index is 0.0785. The van der Waals surface area contributed by atoms with Gasteiger partial charge < -0.3 is 15.4 Å². The molecule has 1 fully saturated rings. The molecule has 2 N–H and O–H groups in total. The summed E-state index contributed by atoms with van der Waals surface area (Å²) in [6.07, 6.45) is 0.863. The van der Waals surface area contributed by atoms with Crippen LogP contribution in [-0.4, -0.2) is 44.7 Å². The van der Waals surface area contributed by atoms with Crippen LogP contribution in [0.4, 0.5) is 19.1 Å². The van der Waals surface area contributed by atoms with Crippen LogP contribution >= 0.6 is 11.6 Å². The molecule has 0 unspecified atom stereocenters. The lowest BCUT2D eigenvalue weighted by Crippen LogP contribution is -2.23. The molecule has 1 aromatic carbocycles. The molecule has 1 aliphatic rings. The summed E-state index contributed by atoms with van der Waals surface area (Å²) in [6.45, 7) is 2.91. The van der Waals surface area contributed by atoms with Crippen molar-refractivity contribution in [1.82, 2.24) is 24.8 Å². The third kappa shape index (κ3) is 5.25. The predicted molar refractivity (Wildman–Crippen MR) is 114 cm³/mol. The smallest absolute Gasteiger partial charge is 0.379 e. The van der Waals surface area contributed by atoms with E-state index in [1.807, 2.05) is 6.92 Å². The van der Waals surface area contributed by atoms with Gasteiger partial charge in [-0.25, -0.2) is 9.97 Å². The summed E-state index contributed by atoms with van der Waals surface area (Å²) in [6, 6.07) is 3.69. The summed E-state index contributed by atoms with van der Waals surface area (Å²) in [7, 11) is 0. The van der Waals surface area contributed by atoms with Crippen LogP contribution in [0, 0.1) is 6.92 Å². The number of aryl methyl sites for hydroxylation is 1. The number of ether oxygens (including phenoxy) is 1. The highest BCUT2D eigenvalue weighted by Gasteiger charge is 2.33. The lowest BCUT2D eigenvalue weighted by Gasteiger charge is -2.13. The van der Waals surface area contributed by atoms with Gasteiger partial charge in [0.05, 0.1) is 23.2 Å². The second-order valence-corrected chi connectivity index (χ2v) is 7.91. The van der Waals surface area contributed by atoms with Crippen molar-refractivity contribution >= 4 is 23.5 Å². The van der Waals surface area contributed by atoms with Gasteiger partial charge in [0.2, 0.25) is 5.95 Å². The summed E-state index contributed by atoms with van der Waals surface area (Å²) >= 11 is 5.88. The Morgan fingerprint density at radius 3 is 2.88 bits per heavy atom. The first kappa shape index (κ1) is 23.0. The number of anilines is 1. The maximum Gasteiger partial charge on any atom is 0.417 e. The Morgan fingerprint density at radius 2 is 2.15 bits per heavy atom. The zero-order valence-electron chi connectivity index (χ0n) is 17.5. The Hall–Kier alpha value is -3.18. The van der Waals surface area contributed by atoms with E-state index < -0.39 is 22.7 Å². The summed E-state index contributed by atoms with van der Waals surface area (Å²) < 4.78 is 46.0. The molecule has 0 saturated carbocycles. The largest absolute Gasteiger partial charge is 0.417 e. The van der Waals surface area contributed by atoms with Gasteiger partial charge in [0.25, 0.3) is 5.91 Å². The first-order valence-electron chi connectivity index (χ1n) is 10.1. The number of benzene rings is 1. The van der Waals surface area contributed by atoms with Gasteiger partial charge in [0.1, 0.15) is 17.8 Å². The number of aromatic nitrogens is 4. The van der Waals surface area contributed by atoms with E-state index in [9.17, 15) is 18.0 Å². The number of amides is 1. The van der Waals surface area contributed by atoms with Crippen LogP contribution in [0.1, 0.15) is 33.6 Å². The number of hydrogen-bond donors (Lipinski definition) is 2. The Labute approximate surface area is 192 Å². The Balaban J connectivity index is 1.46. The number of halogens is 4. The Kier molecular flexibility index (Phi) is 6.52. The maximum atomic E-state index is 13.0. The molecule has 1 atom stereocenters. The molecule has 2 aromatic heterocycles. The van der Waals surface area contributed by atoms with Crippen molar-refractivity contribution in [2.24, 2.45) is 0 Å². The SMILES string of the molecule is Cc1cnc(N[C@H]2CCOC2)nc1-n1cnc(C(=O)NCc2cccc(C(F)(F)F)c2Cl)c1. The molecule has 174 valence electrons. The van der Waals surface area contributed by atoms with Crippen molar-refractivity contribution < 1.29 is 22.7 Å². The topological polar surface area (TPSA) is 94.0 Å². The molecule has 0 aliphatic carbocycles. The number of rotatable bonds is 6. The van der Waals surface area contributed by atoms with Gasteiger partial charge >= 0.3 is 6.18 Å². The van der Waals surface area contributed by atoms with Crippen LogP contribution in [0.15, 0.2) is 36.9 Å². The van der Waals surface area contributed by atoms with E-state index in [1.165, 1.54) is 24.7 Å². The third-order valence-corrected chi connectivity index (χ3v) is 5.54. The lowest BCUT2D eigenvalue weighted by molar-refractivity contribution is -0.137. The van der Waals surface area contributed by atoms with Gasteiger partial charge in [-0.15, -0.1) is 0 Å². The zero-order chi connectivity index (χ0) is 23.6. The summed E-state index contributed by atoms with van der Waals surface area (Å²) in [5.41, 5.74) is 0.0451.